The maximum atomic E-state index is 2.36. The van der Waals surface area contributed by atoms with Crippen molar-refractivity contribution in [3.05, 3.63) is 576 Å². The Balaban J connectivity index is 0.000000118. The third-order valence-corrected chi connectivity index (χ3v) is 28.8. The molecule has 6 heteroatoms. The molecule has 0 amide bonds. The molecule has 0 radical (unpaired) electrons. The van der Waals surface area contributed by atoms with Crippen LogP contribution in [0.25, 0.3) is 153 Å². The molecule has 26 rings (SSSR count). The van der Waals surface area contributed by atoms with Gasteiger partial charge >= 0.3 is 0 Å². The van der Waals surface area contributed by atoms with Gasteiger partial charge in [-0.15, -0.1) is 0 Å². The summed E-state index contributed by atoms with van der Waals surface area (Å²) in [7, 11) is 6.48. The van der Waals surface area contributed by atoms with E-state index in [1.165, 1.54) is 164 Å². The molecule has 0 spiro atoms. The first-order valence-corrected chi connectivity index (χ1v) is 50.4. The molecule has 0 aliphatic heterocycles. The van der Waals surface area contributed by atoms with Crippen molar-refractivity contribution in [3.63, 3.8) is 0 Å². The molecule has 6 nitrogen and oxygen atoms in total. The van der Waals surface area contributed by atoms with E-state index in [4.69, 9.17) is 0 Å². The number of anilines is 15. The van der Waals surface area contributed by atoms with Gasteiger partial charge in [0.15, 0.2) is 0 Å². The normalized spacial score (nSPS) is 11.2. The van der Waals surface area contributed by atoms with Crippen molar-refractivity contribution < 1.29 is 0 Å². The van der Waals surface area contributed by atoms with Crippen molar-refractivity contribution in [2.75, 3.05) is 50.5 Å². The molecule has 0 atom stereocenters. The first kappa shape index (κ1) is 90.4. The number of benzene rings is 26. The molecular formula is C141H104N6. The molecule has 0 aliphatic carbocycles. The average Bonchev–Trinajstić information content (AvgIpc) is 0.715. The lowest BCUT2D eigenvalue weighted by Gasteiger charge is -2.28. The Labute approximate surface area is 858 Å². The SMILES string of the molecule is CN(c1ccc(N(c2cccc(-c3ccccc3)c2)c2cccc(-c3ccccc3)c2)cc1)c1cc2ccccc2c2ccccc12.CN(c1ccc(N(c2cccc(-c3ccccc3)c2)c2cccc(-c3ccccc3)c2)cc1)c1ccc2c3cccc4cccc(c5cccc1c52)c43.CN(c1ccc(N(c2cccc(-c3ccccc3)c2)c2cccc(-c3ccccc3)c2)cc1)c1ccc2cc3ccccc3cc2c1. The van der Waals surface area contributed by atoms with E-state index in [1.807, 2.05) is 0 Å². The molecule has 26 aromatic rings. The topological polar surface area (TPSA) is 19.4 Å². The van der Waals surface area contributed by atoms with Gasteiger partial charge in [0.2, 0.25) is 0 Å². The number of hydrogen-bond donors (Lipinski definition) is 0. The summed E-state index contributed by atoms with van der Waals surface area (Å²) < 4.78 is 0. The average molecular weight is 1880 g/mol. The number of fused-ring (bicyclic) bond motifs is 7. The summed E-state index contributed by atoms with van der Waals surface area (Å²) in [5.41, 5.74) is 31.2. The predicted molar refractivity (Wildman–Crippen MR) is 631 cm³/mol. The van der Waals surface area contributed by atoms with E-state index in [-0.39, 0.29) is 0 Å². The van der Waals surface area contributed by atoms with E-state index in [0.717, 1.165) is 73.9 Å². The van der Waals surface area contributed by atoms with Gasteiger partial charge in [0.25, 0.3) is 0 Å². The largest absolute Gasteiger partial charge is 0.345 e. The van der Waals surface area contributed by atoms with Crippen LogP contribution in [0.3, 0.4) is 0 Å². The maximum absolute atomic E-state index is 2.36. The fourth-order valence-electron chi connectivity index (χ4n) is 21.3. The van der Waals surface area contributed by atoms with Crippen molar-refractivity contribution in [2.24, 2.45) is 0 Å². The Morgan fingerprint density at radius 3 is 0.741 bits per heavy atom. The van der Waals surface area contributed by atoms with Gasteiger partial charge in [0.1, 0.15) is 0 Å². The molecule has 0 heterocycles. The zero-order valence-electron chi connectivity index (χ0n) is 82.0. The second-order valence-corrected chi connectivity index (χ2v) is 37.7. The molecule has 0 fully saturated rings. The van der Waals surface area contributed by atoms with Crippen LogP contribution in [-0.2, 0) is 0 Å². The molecule has 0 saturated heterocycles. The van der Waals surface area contributed by atoms with Gasteiger partial charge in [-0.2, -0.15) is 0 Å². The molecule has 0 unspecified atom stereocenters. The fourth-order valence-corrected chi connectivity index (χ4v) is 21.3. The smallest absolute Gasteiger partial charge is 0.0494 e. The zero-order valence-corrected chi connectivity index (χ0v) is 82.0. The summed E-state index contributed by atoms with van der Waals surface area (Å²) >= 11 is 0. The van der Waals surface area contributed by atoms with E-state index in [2.05, 4.69) is 627 Å². The Morgan fingerprint density at radius 2 is 0.361 bits per heavy atom. The molecule has 26 aromatic carbocycles. The van der Waals surface area contributed by atoms with Crippen molar-refractivity contribution in [3.8, 4) is 66.8 Å². The molecule has 0 aromatic heterocycles. The molecule has 698 valence electrons. The third kappa shape index (κ3) is 18.4. The minimum absolute atomic E-state index is 1.10. The van der Waals surface area contributed by atoms with Crippen LogP contribution >= 0.6 is 0 Å². The van der Waals surface area contributed by atoms with Crippen LogP contribution in [0.5, 0.6) is 0 Å². The fraction of sp³-hybridized carbons (Fsp3) is 0.0213. The molecular weight excluding hydrogens is 1780 g/mol. The second kappa shape index (κ2) is 40.5. The van der Waals surface area contributed by atoms with Crippen LogP contribution in [0.15, 0.2) is 576 Å². The van der Waals surface area contributed by atoms with Gasteiger partial charge in [-0.25, -0.2) is 0 Å². The molecule has 0 bridgehead atoms. The van der Waals surface area contributed by atoms with Crippen molar-refractivity contribution in [1.82, 2.24) is 0 Å². The summed E-state index contributed by atoms with van der Waals surface area (Å²) in [6.07, 6.45) is 0. The van der Waals surface area contributed by atoms with Gasteiger partial charge in [-0.3, -0.25) is 0 Å². The summed E-state index contributed by atoms with van der Waals surface area (Å²) in [4.78, 5) is 14.0. The predicted octanol–water partition coefficient (Wildman–Crippen LogP) is 39.4. The minimum Gasteiger partial charge on any atom is -0.345 e. The highest BCUT2D eigenvalue weighted by Gasteiger charge is 2.24. The zero-order chi connectivity index (χ0) is 98.5. The Morgan fingerprint density at radius 1 is 0.109 bits per heavy atom. The lowest BCUT2D eigenvalue weighted by atomic mass is 9.89. The van der Waals surface area contributed by atoms with Crippen LogP contribution in [0, 0.1) is 0 Å². The van der Waals surface area contributed by atoms with Gasteiger partial charge in [-0.1, -0.05) is 394 Å². The van der Waals surface area contributed by atoms with E-state index in [9.17, 15) is 0 Å². The van der Waals surface area contributed by atoms with Crippen molar-refractivity contribution >= 4 is 171 Å². The highest BCUT2D eigenvalue weighted by atomic mass is 15.2. The van der Waals surface area contributed by atoms with Crippen LogP contribution < -0.4 is 29.4 Å². The van der Waals surface area contributed by atoms with Gasteiger partial charge < -0.3 is 29.4 Å². The summed E-state index contributed by atoms with van der Waals surface area (Å²) in [5.74, 6) is 0. The summed E-state index contributed by atoms with van der Waals surface area (Å²) in [5, 5.41) is 20.5. The van der Waals surface area contributed by atoms with Gasteiger partial charge in [-0.05, 0) is 324 Å². The Kier molecular flexibility index (Phi) is 24.9. The van der Waals surface area contributed by atoms with E-state index < -0.39 is 0 Å². The van der Waals surface area contributed by atoms with Crippen LogP contribution in [-0.4, -0.2) is 21.1 Å². The van der Waals surface area contributed by atoms with Crippen LogP contribution in [0.2, 0.25) is 0 Å². The standard InChI is InChI=1S/C51H36N2.2C45H34N2/c1-52(49-32-31-47-45-24-11-18-37-17-10-23-44(50(37)45)46-25-12-26-48(49)51(46)47)40-27-29-41(30-28-40)53(42-21-8-19-38(33-42)35-13-4-2-5-14-35)43-22-9-20-39(34-43)36-15-6-3-7-16-36;1-46(43-23-22-39-28-35-16-8-9-17-36(35)29-40(39)32-43)41-24-26-42(27-25-41)47(44-20-10-18-37(30-44)33-12-4-2-5-13-33)45-21-11-19-38(31-45)34-14-6-3-7-15-34;1-46(45-32-37-18-8-9-23-42(37)43-24-10-11-25-44(43)45)38-26-28-39(29-27-38)47(40-21-12-19-35(30-40)33-14-4-2-5-15-33)41-22-13-20-36(31-41)34-16-6-3-7-17-34/h2-34H,1H3;2*2-32H,1H3. The second-order valence-electron chi connectivity index (χ2n) is 37.7. The van der Waals surface area contributed by atoms with Gasteiger partial charge in [0, 0.05) is 117 Å². The first-order chi connectivity index (χ1) is 72.6. The quantitative estimate of drug-likeness (QED) is 0.0524. The molecule has 0 saturated carbocycles. The molecule has 0 aliphatic rings. The lowest BCUT2D eigenvalue weighted by molar-refractivity contribution is 1.21. The van der Waals surface area contributed by atoms with E-state index >= 15 is 0 Å². The Bertz CT molecular complexity index is 8910. The lowest BCUT2D eigenvalue weighted by Crippen LogP contribution is -2.12. The third-order valence-electron chi connectivity index (χ3n) is 28.8. The molecule has 147 heavy (non-hydrogen) atoms. The monoisotopic (exact) mass is 1880 g/mol. The van der Waals surface area contributed by atoms with E-state index in [0.29, 0.717) is 0 Å². The maximum Gasteiger partial charge on any atom is 0.0494 e. The first-order valence-electron chi connectivity index (χ1n) is 50.4. The summed E-state index contributed by atoms with van der Waals surface area (Å²) in [6.45, 7) is 0. The van der Waals surface area contributed by atoms with Crippen molar-refractivity contribution in [2.45, 2.75) is 0 Å². The highest BCUT2D eigenvalue weighted by Crippen LogP contribution is 2.49. The Hall–Kier alpha value is -19.1. The number of hydrogen-bond acceptors (Lipinski definition) is 6. The number of nitrogens with zero attached hydrogens (tertiary/aromatic N) is 6. The van der Waals surface area contributed by atoms with Crippen LogP contribution in [0.1, 0.15) is 0 Å². The summed E-state index contributed by atoms with van der Waals surface area (Å²) in [6, 6.07) is 208. The highest BCUT2D eigenvalue weighted by molar-refractivity contribution is 6.34. The minimum atomic E-state index is 1.10. The van der Waals surface area contributed by atoms with Crippen LogP contribution in [0.4, 0.5) is 85.3 Å². The molecule has 0 N–H and O–H groups in total. The van der Waals surface area contributed by atoms with E-state index in [1.54, 1.807) is 0 Å². The van der Waals surface area contributed by atoms with Gasteiger partial charge in [0.05, 0.1) is 0 Å². The van der Waals surface area contributed by atoms with Crippen molar-refractivity contribution in [1.29, 1.82) is 0 Å². The number of rotatable bonds is 21.